The fourth-order valence-corrected chi connectivity index (χ4v) is 3.46. The van der Waals surface area contributed by atoms with Gasteiger partial charge in [-0.15, -0.1) is 0 Å². The number of sulfonamides is 1. The van der Waals surface area contributed by atoms with Crippen LogP contribution in [0, 0.1) is 10.1 Å². The molecule has 1 fully saturated rings. The van der Waals surface area contributed by atoms with Crippen LogP contribution in [0.3, 0.4) is 0 Å². The minimum Gasteiger partial charge on any atom is -0.324 e. The lowest BCUT2D eigenvalue weighted by Crippen LogP contribution is -2.47. The van der Waals surface area contributed by atoms with Crippen LogP contribution in [0.15, 0.2) is 29.2 Å². The van der Waals surface area contributed by atoms with E-state index in [1.807, 2.05) is 0 Å². The molecule has 20 heavy (non-hydrogen) atoms. The third-order valence-corrected chi connectivity index (χ3v) is 4.99. The molecular formula is C12H17N3O4S. The maximum atomic E-state index is 12.1. The van der Waals surface area contributed by atoms with Gasteiger partial charge in [-0.05, 0) is 25.0 Å². The van der Waals surface area contributed by atoms with Gasteiger partial charge in [0.25, 0.3) is 5.69 Å². The van der Waals surface area contributed by atoms with Crippen LogP contribution < -0.4 is 10.5 Å². The number of nitrogens with one attached hydrogen (secondary N) is 1. The van der Waals surface area contributed by atoms with E-state index in [0.29, 0.717) is 0 Å². The summed E-state index contributed by atoms with van der Waals surface area (Å²) in [6, 6.07) is 4.78. The molecule has 0 aromatic heterocycles. The minimum atomic E-state index is -3.68. The number of benzene rings is 1. The minimum absolute atomic E-state index is 0.00435. The van der Waals surface area contributed by atoms with Crippen molar-refractivity contribution in [1.82, 2.24) is 4.72 Å². The molecule has 8 heteroatoms. The van der Waals surface area contributed by atoms with Crippen LogP contribution in [0.2, 0.25) is 0 Å². The van der Waals surface area contributed by atoms with Gasteiger partial charge in [0.2, 0.25) is 10.0 Å². The summed E-state index contributed by atoms with van der Waals surface area (Å²) in [6.45, 7) is 0.187. The van der Waals surface area contributed by atoms with E-state index in [9.17, 15) is 18.5 Å². The van der Waals surface area contributed by atoms with E-state index in [2.05, 4.69) is 4.72 Å². The molecule has 0 radical (unpaired) electrons. The maximum Gasteiger partial charge on any atom is 0.269 e. The molecule has 1 aliphatic rings. The molecule has 1 aromatic rings. The van der Waals surface area contributed by atoms with Crippen molar-refractivity contribution in [2.75, 3.05) is 6.54 Å². The molecule has 0 spiro atoms. The van der Waals surface area contributed by atoms with Crippen molar-refractivity contribution in [2.45, 2.75) is 36.1 Å². The van der Waals surface area contributed by atoms with E-state index in [1.54, 1.807) is 0 Å². The van der Waals surface area contributed by atoms with E-state index in [-0.39, 0.29) is 17.1 Å². The fraction of sp³-hybridized carbons (Fsp3) is 0.500. The molecule has 1 aromatic carbocycles. The summed E-state index contributed by atoms with van der Waals surface area (Å²) >= 11 is 0. The molecule has 0 atom stereocenters. The van der Waals surface area contributed by atoms with Gasteiger partial charge in [0.15, 0.2) is 0 Å². The summed E-state index contributed by atoms with van der Waals surface area (Å²) < 4.78 is 26.6. The van der Waals surface area contributed by atoms with E-state index < -0.39 is 20.5 Å². The first-order valence-electron chi connectivity index (χ1n) is 6.35. The van der Waals surface area contributed by atoms with Gasteiger partial charge in [-0.3, -0.25) is 10.1 Å². The van der Waals surface area contributed by atoms with Gasteiger partial charge in [-0.2, -0.15) is 0 Å². The van der Waals surface area contributed by atoms with Gasteiger partial charge < -0.3 is 5.73 Å². The summed E-state index contributed by atoms with van der Waals surface area (Å²) in [5, 5.41) is 10.5. The summed E-state index contributed by atoms with van der Waals surface area (Å²) in [4.78, 5) is 9.96. The van der Waals surface area contributed by atoms with Gasteiger partial charge in [-0.25, -0.2) is 13.1 Å². The van der Waals surface area contributed by atoms with Crippen LogP contribution in [0.25, 0.3) is 0 Å². The zero-order valence-corrected chi connectivity index (χ0v) is 11.7. The van der Waals surface area contributed by atoms with Crippen molar-refractivity contribution in [1.29, 1.82) is 0 Å². The van der Waals surface area contributed by atoms with E-state index in [1.165, 1.54) is 24.3 Å². The number of nitro groups is 1. The third kappa shape index (κ3) is 3.33. The molecule has 0 heterocycles. The summed E-state index contributed by atoms with van der Waals surface area (Å²) in [5.41, 5.74) is 5.47. The van der Waals surface area contributed by atoms with Crippen molar-refractivity contribution < 1.29 is 13.3 Å². The SMILES string of the molecule is NC1(CNS(=O)(=O)c2ccc([N+](=O)[O-])cc2)CCCC1. The van der Waals surface area contributed by atoms with Crippen LogP contribution in [-0.4, -0.2) is 25.4 Å². The van der Waals surface area contributed by atoms with Crippen molar-refractivity contribution >= 4 is 15.7 Å². The number of non-ortho nitro benzene ring substituents is 1. The Morgan fingerprint density at radius 3 is 2.30 bits per heavy atom. The average molecular weight is 299 g/mol. The Labute approximate surface area is 117 Å². The molecule has 110 valence electrons. The highest BCUT2D eigenvalue weighted by atomic mass is 32.2. The summed E-state index contributed by atoms with van der Waals surface area (Å²) in [7, 11) is -3.68. The second-order valence-corrected chi connectivity index (χ2v) is 6.91. The van der Waals surface area contributed by atoms with Gasteiger partial charge in [0, 0.05) is 24.2 Å². The number of rotatable bonds is 5. The van der Waals surface area contributed by atoms with Gasteiger partial charge in [-0.1, -0.05) is 12.8 Å². The lowest BCUT2D eigenvalue weighted by Gasteiger charge is -2.23. The molecule has 3 N–H and O–H groups in total. The average Bonchev–Trinajstić information content (AvgIpc) is 2.84. The van der Waals surface area contributed by atoms with Gasteiger partial charge in [0.05, 0.1) is 9.82 Å². The third-order valence-electron chi connectivity index (χ3n) is 3.57. The van der Waals surface area contributed by atoms with Crippen molar-refractivity contribution in [3.63, 3.8) is 0 Å². The monoisotopic (exact) mass is 299 g/mol. The quantitative estimate of drug-likeness (QED) is 0.625. The van der Waals surface area contributed by atoms with Crippen LogP contribution >= 0.6 is 0 Å². The summed E-state index contributed by atoms with van der Waals surface area (Å²) in [5.74, 6) is 0. The molecule has 2 rings (SSSR count). The predicted octanol–water partition coefficient (Wildman–Crippen LogP) is 1.14. The number of hydrogen-bond donors (Lipinski definition) is 2. The Kier molecular flexibility index (Phi) is 4.07. The van der Waals surface area contributed by atoms with Crippen molar-refractivity contribution in [3.05, 3.63) is 34.4 Å². The Bertz CT molecular complexity index is 592. The summed E-state index contributed by atoms with van der Waals surface area (Å²) in [6.07, 6.45) is 3.62. The normalized spacial score (nSPS) is 18.1. The highest BCUT2D eigenvalue weighted by Gasteiger charge is 2.30. The molecule has 1 saturated carbocycles. The number of nitrogens with zero attached hydrogens (tertiary/aromatic N) is 1. The van der Waals surface area contributed by atoms with E-state index in [4.69, 9.17) is 5.73 Å². The number of hydrogen-bond acceptors (Lipinski definition) is 5. The van der Waals surface area contributed by atoms with E-state index >= 15 is 0 Å². The van der Waals surface area contributed by atoms with Crippen LogP contribution in [-0.2, 0) is 10.0 Å². The second-order valence-electron chi connectivity index (χ2n) is 5.15. The predicted molar refractivity (Wildman–Crippen MR) is 73.7 cm³/mol. The number of nitrogens with two attached hydrogens (primary N) is 1. The smallest absolute Gasteiger partial charge is 0.269 e. The maximum absolute atomic E-state index is 12.1. The van der Waals surface area contributed by atoms with Crippen LogP contribution in [0.1, 0.15) is 25.7 Å². The Morgan fingerprint density at radius 1 is 1.25 bits per heavy atom. The molecule has 7 nitrogen and oxygen atoms in total. The first kappa shape index (κ1) is 14.9. The van der Waals surface area contributed by atoms with E-state index in [0.717, 1.165) is 25.7 Å². The van der Waals surface area contributed by atoms with Gasteiger partial charge in [0.1, 0.15) is 0 Å². The lowest BCUT2D eigenvalue weighted by molar-refractivity contribution is -0.384. The largest absolute Gasteiger partial charge is 0.324 e. The zero-order chi connectivity index (χ0) is 14.8. The molecule has 0 aliphatic heterocycles. The van der Waals surface area contributed by atoms with Crippen molar-refractivity contribution in [2.24, 2.45) is 5.73 Å². The first-order valence-corrected chi connectivity index (χ1v) is 7.84. The van der Waals surface area contributed by atoms with Crippen LogP contribution in [0.5, 0.6) is 0 Å². The topological polar surface area (TPSA) is 115 Å². The second kappa shape index (κ2) is 5.47. The molecule has 0 amide bonds. The standard InChI is InChI=1S/C12H17N3O4S/c13-12(7-1-2-8-12)9-14-20(18,19)11-5-3-10(4-6-11)15(16)17/h3-6,14H,1-2,7-9,13H2. The highest BCUT2D eigenvalue weighted by Crippen LogP contribution is 2.27. The number of nitro benzene ring substituents is 1. The zero-order valence-electron chi connectivity index (χ0n) is 10.9. The molecular weight excluding hydrogens is 282 g/mol. The first-order chi connectivity index (χ1) is 9.32. The Balaban J connectivity index is 2.08. The molecule has 1 aliphatic carbocycles. The highest BCUT2D eigenvalue weighted by molar-refractivity contribution is 7.89. The molecule has 0 bridgehead atoms. The lowest BCUT2D eigenvalue weighted by atomic mass is 10.0. The van der Waals surface area contributed by atoms with Gasteiger partial charge >= 0.3 is 0 Å². The van der Waals surface area contributed by atoms with Crippen LogP contribution in [0.4, 0.5) is 5.69 Å². The Hall–Kier alpha value is -1.51. The molecule has 0 saturated heterocycles. The molecule has 0 unspecified atom stereocenters. The van der Waals surface area contributed by atoms with Crippen molar-refractivity contribution in [3.8, 4) is 0 Å². The Morgan fingerprint density at radius 2 is 1.80 bits per heavy atom. The fourth-order valence-electron chi connectivity index (χ4n) is 2.32.